The second-order valence-electron chi connectivity index (χ2n) is 5.28. The maximum Gasteiger partial charge on any atom is 0.407 e. The molecule has 5 nitrogen and oxygen atoms in total. The fraction of sp³-hybridized carbons (Fsp3) is 0.833. The number of hydrogen-bond donors (Lipinski definition) is 1. The number of carbonyl (C=O) groups excluding carboxylic acids is 2. The zero-order chi connectivity index (χ0) is 13.1. The Kier molecular flexibility index (Phi) is 4.37. The first-order valence-electron chi connectivity index (χ1n) is 5.99. The molecule has 5 heteroatoms. The van der Waals surface area contributed by atoms with Crippen LogP contribution in [0.3, 0.4) is 0 Å². The SMILES string of the molecule is CCC(=O)OC1CC(NC(=O)OC(C)(C)C)C1. The van der Waals surface area contributed by atoms with Crippen LogP contribution < -0.4 is 5.32 Å². The van der Waals surface area contributed by atoms with E-state index in [4.69, 9.17) is 9.47 Å². The van der Waals surface area contributed by atoms with Crippen molar-refractivity contribution in [3.05, 3.63) is 0 Å². The Morgan fingerprint density at radius 3 is 2.35 bits per heavy atom. The van der Waals surface area contributed by atoms with Crippen molar-refractivity contribution in [1.29, 1.82) is 0 Å². The predicted octanol–water partition coefficient (Wildman–Crippen LogP) is 2.00. The lowest BCUT2D eigenvalue weighted by Gasteiger charge is -2.35. The molecule has 1 fully saturated rings. The van der Waals surface area contributed by atoms with Gasteiger partial charge in [-0.2, -0.15) is 0 Å². The van der Waals surface area contributed by atoms with Crippen LogP contribution in [-0.2, 0) is 14.3 Å². The van der Waals surface area contributed by atoms with Crippen LogP contribution in [0, 0.1) is 0 Å². The fourth-order valence-corrected chi connectivity index (χ4v) is 1.52. The van der Waals surface area contributed by atoms with E-state index in [1.807, 2.05) is 20.8 Å². The summed E-state index contributed by atoms with van der Waals surface area (Å²) in [5.74, 6) is -0.189. The third-order valence-corrected chi connectivity index (χ3v) is 2.40. The van der Waals surface area contributed by atoms with Gasteiger partial charge in [-0.05, 0) is 20.8 Å². The number of ether oxygens (including phenoxy) is 2. The van der Waals surface area contributed by atoms with E-state index in [-0.39, 0.29) is 18.1 Å². The number of alkyl carbamates (subject to hydrolysis) is 1. The highest BCUT2D eigenvalue weighted by atomic mass is 16.6. The first-order valence-corrected chi connectivity index (χ1v) is 5.99. The van der Waals surface area contributed by atoms with Crippen LogP contribution in [0.5, 0.6) is 0 Å². The first-order chi connectivity index (χ1) is 7.80. The third kappa shape index (κ3) is 5.06. The van der Waals surface area contributed by atoms with Gasteiger partial charge in [0.05, 0.1) is 0 Å². The molecule has 0 aliphatic heterocycles. The second-order valence-corrected chi connectivity index (χ2v) is 5.28. The Hall–Kier alpha value is -1.26. The molecule has 0 aromatic rings. The van der Waals surface area contributed by atoms with Gasteiger partial charge in [0.2, 0.25) is 0 Å². The summed E-state index contributed by atoms with van der Waals surface area (Å²) in [4.78, 5) is 22.4. The van der Waals surface area contributed by atoms with Crippen molar-refractivity contribution in [2.24, 2.45) is 0 Å². The Morgan fingerprint density at radius 2 is 1.88 bits per heavy atom. The first kappa shape index (κ1) is 13.8. The lowest BCUT2D eigenvalue weighted by Crippen LogP contribution is -2.49. The van der Waals surface area contributed by atoms with Gasteiger partial charge in [0.1, 0.15) is 11.7 Å². The zero-order valence-corrected chi connectivity index (χ0v) is 10.9. The van der Waals surface area contributed by atoms with Crippen LogP contribution in [0.4, 0.5) is 4.79 Å². The molecule has 1 N–H and O–H groups in total. The largest absolute Gasteiger partial charge is 0.462 e. The van der Waals surface area contributed by atoms with Crippen molar-refractivity contribution in [2.75, 3.05) is 0 Å². The zero-order valence-electron chi connectivity index (χ0n) is 10.9. The van der Waals surface area contributed by atoms with Crippen LogP contribution in [-0.4, -0.2) is 29.8 Å². The van der Waals surface area contributed by atoms with E-state index >= 15 is 0 Å². The van der Waals surface area contributed by atoms with Gasteiger partial charge in [-0.25, -0.2) is 4.79 Å². The van der Waals surface area contributed by atoms with E-state index in [1.165, 1.54) is 0 Å². The maximum atomic E-state index is 11.4. The molecule has 1 saturated carbocycles. The summed E-state index contributed by atoms with van der Waals surface area (Å²) in [6.45, 7) is 7.22. The van der Waals surface area contributed by atoms with Crippen LogP contribution in [0.1, 0.15) is 47.0 Å². The van der Waals surface area contributed by atoms with E-state index in [2.05, 4.69) is 5.32 Å². The van der Waals surface area contributed by atoms with E-state index < -0.39 is 11.7 Å². The van der Waals surface area contributed by atoms with Gasteiger partial charge < -0.3 is 14.8 Å². The molecule has 17 heavy (non-hydrogen) atoms. The Labute approximate surface area is 102 Å². The number of amides is 1. The van der Waals surface area contributed by atoms with Crippen molar-refractivity contribution < 1.29 is 19.1 Å². The third-order valence-electron chi connectivity index (χ3n) is 2.40. The summed E-state index contributed by atoms with van der Waals surface area (Å²) in [5, 5.41) is 2.74. The minimum absolute atomic E-state index is 0.0533. The number of carbonyl (C=O) groups is 2. The summed E-state index contributed by atoms with van der Waals surface area (Å²) < 4.78 is 10.2. The molecule has 0 heterocycles. The molecular weight excluding hydrogens is 222 g/mol. The molecule has 0 bridgehead atoms. The van der Waals surface area contributed by atoms with Crippen LogP contribution >= 0.6 is 0 Å². The van der Waals surface area contributed by atoms with E-state index in [9.17, 15) is 9.59 Å². The lowest BCUT2D eigenvalue weighted by molar-refractivity contribution is -0.153. The molecule has 1 aliphatic rings. The molecule has 0 aromatic heterocycles. The van der Waals surface area contributed by atoms with E-state index in [0.29, 0.717) is 19.3 Å². The summed E-state index contributed by atoms with van der Waals surface area (Å²) >= 11 is 0. The van der Waals surface area contributed by atoms with Crippen LogP contribution in [0.15, 0.2) is 0 Å². The standard InChI is InChI=1S/C12H21NO4/c1-5-10(14)16-9-6-8(7-9)13-11(15)17-12(2,3)4/h8-9H,5-7H2,1-4H3,(H,13,15). The Balaban J connectivity index is 2.17. The lowest BCUT2D eigenvalue weighted by atomic mass is 9.89. The van der Waals surface area contributed by atoms with Crippen molar-refractivity contribution in [3.63, 3.8) is 0 Å². The number of hydrogen-bond acceptors (Lipinski definition) is 4. The molecule has 0 saturated heterocycles. The summed E-state index contributed by atoms with van der Waals surface area (Å²) in [6, 6.07) is 0.0551. The minimum atomic E-state index is -0.484. The highest BCUT2D eigenvalue weighted by Gasteiger charge is 2.33. The summed E-state index contributed by atoms with van der Waals surface area (Å²) in [6.07, 6.45) is 1.27. The van der Waals surface area contributed by atoms with E-state index in [1.54, 1.807) is 6.92 Å². The van der Waals surface area contributed by atoms with Crippen molar-refractivity contribution in [1.82, 2.24) is 5.32 Å². The summed E-state index contributed by atoms with van der Waals surface area (Å²) in [7, 11) is 0. The van der Waals surface area contributed by atoms with Crippen molar-refractivity contribution in [2.45, 2.75) is 64.7 Å². The fourth-order valence-electron chi connectivity index (χ4n) is 1.52. The molecule has 1 amide bonds. The van der Waals surface area contributed by atoms with Crippen LogP contribution in [0.25, 0.3) is 0 Å². The predicted molar refractivity (Wildman–Crippen MR) is 62.6 cm³/mol. The second kappa shape index (κ2) is 5.38. The molecule has 98 valence electrons. The number of esters is 1. The van der Waals surface area contributed by atoms with Gasteiger partial charge in [-0.15, -0.1) is 0 Å². The highest BCUT2D eigenvalue weighted by molar-refractivity contribution is 5.69. The van der Waals surface area contributed by atoms with E-state index in [0.717, 1.165) is 0 Å². The van der Waals surface area contributed by atoms with Gasteiger partial charge in [0, 0.05) is 25.3 Å². The van der Waals surface area contributed by atoms with Gasteiger partial charge >= 0.3 is 12.1 Å². The van der Waals surface area contributed by atoms with Gasteiger partial charge in [-0.1, -0.05) is 6.92 Å². The molecule has 0 aromatic carbocycles. The monoisotopic (exact) mass is 243 g/mol. The Bertz CT molecular complexity index is 289. The van der Waals surface area contributed by atoms with Gasteiger partial charge in [0.15, 0.2) is 0 Å². The van der Waals surface area contributed by atoms with Crippen LogP contribution in [0.2, 0.25) is 0 Å². The van der Waals surface area contributed by atoms with Crippen molar-refractivity contribution >= 4 is 12.1 Å². The highest BCUT2D eigenvalue weighted by Crippen LogP contribution is 2.24. The maximum absolute atomic E-state index is 11.4. The molecule has 1 aliphatic carbocycles. The number of rotatable bonds is 3. The summed E-state index contributed by atoms with van der Waals surface area (Å²) in [5.41, 5.74) is -0.484. The quantitative estimate of drug-likeness (QED) is 0.770. The molecular formula is C12H21NO4. The molecule has 0 spiro atoms. The molecule has 1 rings (SSSR count). The smallest absolute Gasteiger partial charge is 0.407 e. The van der Waals surface area contributed by atoms with Gasteiger partial charge in [-0.3, -0.25) is 4.79 Å². The van der Waals surface area contributed by atoms with Gasteiger partial charge in [0.25, 0.3) is 0 Å². The van der Waals surface area contributed by atoms with Crippen molar-refractivity contribution in [3.8, 4) is 0 Å². The topological polar surface area (TPSA) is 64.6 Å². The average Bonchev–Trinajstić information content (AvgIpc) is 2.11. The minimum Gasteiger partial charge on any atom is -0.462 e. The molecule has 0 unspecified atom stereocenters. The molecule has 0 atom stereocenters. The Morgan fingerprint density at radius 1 is 1.29 bits per heavy atom. The number of nitrogens with one attached hydrogen (secondary N) is 1. The normalized spacial score (nSPS) is 23.5. The molecule has 0 radical (unpaired) electrons. The average molecular weight is 243 g/mol.